The summed E-state index contributed by atoms with van der Waals surface area (Å²) >= 11 is 1.40. The number of anilines is 2. The summed E-state index contributed by atoms with van der Waals surface area (Å²) in [7, 11) is 1.87. The van der Waals surface area contributed by atoms with Gasteiger partial charge < -0.3 is 15.4 Å². The molecule has 0 spiro atoms. The van der Waals surface area contributed by atoms with E-state index in [1.54, 1.807) is 41.1 Å². The summed E-state index contributed by atoms with van der Waals surface area (Å²) in [6, 6.07) is 15.8. The van der Waals surface area contributed by atoms with Crippen LogP contribution in [0.1, 0.15) is 32.6 Å². The van der Waals surface area contributed by atoms with Crippen molar-refractivity contribution < 1.29 is 14.3 Å². The highest BCUT2D eigenvalue weighted by atomic mass is 32.1. The lowest BCUT2D eigenvalue weighted by atomic mass is 10.2. The van der Waals surface area contributed by atoms with Gasteiger partial charge in [-0.05, 0) is 68.4 Å². The lowest BCUT2D eigenvalue weighted by Crippen LogP contribution is -2.13. The van der Waals surface area contributed by atoms with Crippen molar-refractivity contribution in [1.29, 1.82) is 0 Å². The standard InChI is InChI=1S/C23H22N4O3S/c1-4-30-18-11-9-17(10-12-18)24-21(28)15-5-7-16(8-6-15)25-22(29)20-13-19-14(2)26-27(3)23(19)31-20/h5-13H,4H2,1-3H3,(H,24,28)(H,25,29). The molecule has 31 heavy (non-hydrogen) atoms. The molecule has 0 saturated carbocycles. The van der Waals surface area contributed by atoms with E-state index >= 15 is 0 Å². The lowest BCUT2D eigenvalue weighted by molar-refractivity contribution is 0.102. The number of nitrogens with zero attached hydrogens (tertiary/aromatic N) is 2. The highest BCUT2D eigenvalue weighted by Gasteiger charge is 2.15. The highest BCUT2D eigenvalue weighted by molar-refractivity contribution is 7.20. The molecule has 158 valence electrons. The largest absolute Gasteiger partial charge is 0.494 e. The predicted octanol–water partition coefficient (Wildman–Crippen LogP) is 4.85. The molecule has 8 heteroatoms. The maximum atomic E-state index is 12.6. The quantitative estimate of drug-likeness (QED) is 0.454. The van der Waals surface area contributed by atoms with Gasteiger partial charge in [-0.15, -0.1) is 11.3 Å². The van der Waals surface area contributed by atoms with Gasteiger partial charge in [-0.3, -0.25) is 14.3 Å². The Labute approximate surface area is 183 Å². The number of rotatable bonds is 6. The lowest BCUT2D eigenvalue weighted by Gasteiger charge is -2.08. The average Bonchev–Trinajstić information content (AvgIpc) is 3.32. The summed E-state index contributed by atoms with van der Waals surface area (Å²) in [5.74, 6) is 0.340. The summed E-state index contributed by atoms with van der Waals surface area (Å²) in [4.78, 5) is 26.7. The Balaban J connectivity index is 1.40. The molecule has 2 aromatic heterocycles. The van der Waals surface area contributed by atoms with Gasteiger partial charge in [-0.2, -0.15) is 5.10 Å². The van der Waals surface area contributed by atoms with Crippen LogP contribution in [0.25, 0.3) is 10.2 Å². The number of hydrogen-bond acceptors (Lipinski definition) is 5. The van der Waals surface area contributed by atoms with Crippen LogP contribution in [0.5, 0.6) is 5.75 Å². The van der Waals surface area contributed by atoms with Crippen LogP contribution in [-0.2, 0) is 7.05 Å². The third-order valence-corrected chi connectivity index (χ3v) is 5.95. The van der Waals surface area contributed by atoms with Crippen LogP contribution in [0.2, 0.25) is 0 Å². The van der Waals surface area contributed by atoms with Crippen LogP contribution < -0.4 is 15.4 Å². The number of aromatic nitrogens is 2. The van der Waals surface area contributed by atoms with Gasteiger partial charge in [-0.1, -0.05) is 0 Å². The number of carbonyl (C=O) groups excluding carboxylic acids is 2. The first kappa shape index (κ1) is 20.6. The van der Waals surface area contributed by atoms with Crippen molar-refractivity contribution in [2.45, 2.75) is 13.8 Å². The van der Waals surface area contributed by atoms with Gasteiger partial charge in [0, 0.05) is 29.4 Å². The van der Waals surface area contributed by atoms with E-state index in [0.717, 1.165) is 21.7 Å². The Morgan fingerprint density at radius 3 is 2.23 bits per heavy atom. The molecule has 2 heterocycles. The molecule has 0 fully saturated rings. The van der Waals surface area contributed by atoms with Crippen LogP contribution >= 0.6 is 11.3 Å². The monoisotopic (exact) mass is 434 g/mol. The topological polar surface area (TPSA) is 85.2 Å². The maximum Gasteiger partial charge on any atom is 0.265 e. The molecule has 7 nitrogen and oxygen atoms in total. The summed E-state index contributed by atoms with van der Waals surface area (Å²) in [5.41, 5.74) is 2.70. The third-order valence-electron chi connectivity index (χ3n) is 4.75. The van der Waals surface area contributed by atoms with E-state index in [0.29, 0.717) is 28.4 Å². The van der Waals surface area contributed by atoms with Crippen molar-refractivity contribution in [1.82, 2.24) is 9.78 Å². The second-order valence-corrected chi connectivity index (χ2v) is 8.01. The van der Waals surface area contributed by atoms with Gasteiger partial charge in [0.1, 0.15) is 10.6 Å². The van der Waals surface area contributed by atoms with Crippen molar-refractivity contribution in [3.05, 3.63) is 70.7 Å². The molecule has 2 aromatic carbocycles. The van der Waals surface area contributed by atoms with Crippen molar-refractivity contribution in [3.63, 3.8) is 0 Å². The molecule has 0 atom stereocenters. The Kier molecular flexibility index (Phi) is 5.73. The van der Waals surface area contributed by atoms with Crippen LogP contribution in [-0.4, -0.2) is 28.2 Å². The van der Waals surface area contributed by atoms with Crippen LogP contribution in [0.15, 0.2) is 54.6 Å². The number of amides is 2. The van der Waals surface area contributed by atoms with E-state index in [9.17, 15) is 9.59 Å². The summed E-state index contributed by atoms with van der Waals surface area (Å²) in [6.07, 6.45) is 0. The highest BCUT2D eigenvalue weighted by Crippen LogP contribution is 2.28. The Morgan fingerprint density at radius 1 is 1.00 bits per heavy atom. The second kappa shape index (κ2) is 8.61. The zero-order valence-corrected chi connectivity index (χ0v) is 18.2. The van der Waals surface area contributed by atoms with Crippen LogP contribution in [0, 0.1) is 6.92 Å². The van der Waals surface area contributed by atoms with Crippen molar-refractivity contribution in [2.75, 3.05) is 17.2 Å². The molecule has 0 aliphatic carbocycles. The zero-order valence-electron chi connectivity index (χ0n) is 17.4. The number of aryl methyl sites for hydroxylation is 2. The molecule has 0 unspecified atom stereocenters. The third kappa shape index (κ3) is 4.44. The first-order chi connectivity index (χ1) is 14.9. The Bertz CT molecular complexity index is 1210. The molecule has 0 bridgehead atoms. The van der Waals surface area contributed by atoms with E-state index in [2.05, 4.69) is 15.7 Å². The second-order valence-electron chi connectivity index (χ2n) is 6.98. The normalized spacial score (nSPS) is 10.8. The number of ether oxygens (including phenoxy) is 1. The zero-order chi connectivity index (χ0) is 22.0. The smallest absolute Gasteiger partial charge is 0.265 e. The van der Waals surface area contributed by atoms with E-state index in [1.807, 2.05) is 39.1 Å². The number of fused-ring (bicyclic) bond motifs is 1. The molecule has 0 saturated heterocycles. The van der Waals surface area contributed by atoms with Gasteiger partial charge in [0.25, 0.3) is 11.8 Å². The molecular formula is C23H22N4O3S. The predicted molar refractivity (Wildman–Crippen MR) is 123 cm³/mol. The minimum Gasteiger partial charge on any atom is -0.494 e. The fraction of sp³-hybridized carbons (Fsp3) is 0.174. The van der Waals surface area contributed by atoms with E-state index in [4.69, 9.17) is 4.74 Å². The van der Waals surface area contributed by atoms with Crippen molar-refractivity contribution >= 4 is 44.7 Å². The van der Waals surface area contributed by atoms with E-state index < -0.39 is 0 Å². The Morgan fingerprint density at radius 2 is 1.61 bits per heavy atom. The first-order valence-corrected chi connectivity index (χ1v) is 10.6. The minimum absolute atomic E-state index is 0.188. The van der Waals surface area contributed by atoms with Gasteiger partial charge >= 0.3 is 0 Å². The molecule has 0 radical (unpaired) electrons. The first-order valence-electron chi connectivity index (χ1n) is 9.83. The maximum absolute atomic E-state index is 12.6. The SMILES string of the molecule is CCOc1ccc(NC(=O)c2ccc(NC(=O)c3cc4c(C)nn(C)c4s3)cc2)cc1. The van der Waals surface area contributed by atoms with Crippen molar-refractivity contribution in [3.8, 4) is 5.75 Å². The molecule has 4 rings (SSSR count). The van der Waals surface area contributed by atoms with Gasteiger partial charge in [-0.25, -0.2) is 0 Å². The molecular weight excluding hydrogens is 412 g/mol. The molecule has 2 N–H and O–H groups in total. The van der Waals surface area contributed by atoms with Crippen molar-refractivity contribution in [2.24, 2.45) is 7.05 Å². The van der Waals surface area contributed by atoms with Gasteiger partial charge in [0.05, 0.1) is 17.2 Å². The van der Waals surface area contributed by atoms with Crippen LogP contribution in [0.3, 0.4) is 0 Å². The summed E-state index contributed by atoms with van der Waals surface area (Å²) in [5, 5.41) is 11.1. The number of thiophene rings is 1. The molecule has 0 aliphatic heterocycles. The number of nitrogens with one attached hydrogen (secondary N) is 2. The minimum atomic E-state index is -0.227. The summed E-state index contributed by atoms with van der Waals surface area (Å²) < 4.78 is 7.18. The number of benzene rings is 2. The van der Waals surface area contributed by atoms with Gasteiger partial charge in [0.15, 0.2) is 0 Å². The fourth-order valence-corrected chi connectivity index (χ4v) is 4.24. The number of hydrogen-bond donors (Lipinski definition) is 2. The van der Waals surface area contributed by atoms with E-state index in [1.165, 1.54) is 11.3 Å². The molecule has 0 aliphatic rings. The van der Waals surface area contributed by atoms with Gasteiger partial charge in [0.2, 0.25) is 0 Å². The van der Waals surface area contributed by atoms with Crippen LogP contribution in [0.4, 0.5) is 11.4 Å². The summed E-state index contributed by atoms with van der Waals surface area (Å²) in [6.45, 7) is 4.44. The van der Waals surface area contributed by atoms with E-state index in [-0.39, 0.29) is 11.8 Å². The average molecular weight is 435 g/mol. The molecule has 4 aromatic rings. The Hall–Kier alpha value is -3.65. The fourth-order valence-electron chi connectivity index (χ4n) is 3.22. The number of carbonyl (C=O) groups is 2. The molecule has 2 amide bonds.